The van der Waals surface area contributed by atoms with Crippen molar-refractivity contribution in [2.45, 2.75) is 25.7 Å². The van der Waals surface area contributed by atoms with Gasteiger partial charge in [0, 0.05) is 0 Å². The molecule has 0 aromatic rings. The van der Waals surface area contributed by atoms with Crippen LogP contribution in [0, 0.1) is 0 Å². The Hall–Kier alpha value is -0.340. The van der Waals surface area contributed by atoms with Crippen LogP contribution >= 0.6 is 0 Å². The van der Waals surface area contributed by atoms with Crippen molar-refractivity contribution < 1.29 is 0 Å². The lowest BCUT2D eigenvalue weighted by Crippen LogP contribution is -2.10. The predicted octanol–water partition coefficient (Wildman–Crippen LogP) is 1.88. The van der Waals surface area contributed by atoms with Crippen LogP contribution in [0.2, 0.25) is 0 Å². The van der Waals surface area contributed by atoms with Crippen LogP contribution < -0.4 is 5.32 Å². The van der Waals surface area contributed by atoms with E-state index in [1.807, 2.05) is 0 Å². The zero-order valence-corrected chi connectivity index (χ0v) is 9.02. The summed E-state index contributed by atoms with van der Waals surface area (Å²) in [5.41, 5.74) is 0. The van der Waals surface area contributed by atoms with Crippen molar-refractivity contribution in [1.82, 2.24) is 10.2 Å². The quantitative estimate of drug-likeness (QED) is 0.578. The SMILES string of the molecule is C1CCNC1.C=C.CN1CCCC1. The number of rotatable bonds is 0. The van der Waals surface area contributed by atoms with E-state index in [2.05, 4.69) is 30.4 Å². The maximum Gasteiger partial charge on any atom is -0.00213 e. The van der Waals surface area contributed by atoms with Gasteiger partial charge in [0.05, 0.1) is 0 Å². The van der Waals surface area contributed by atoms with E-state index in [1.165, 1.54) is 51.9 Å². The van der Waals surface area contributed by atoms with Gasteiger partial charge in [-0.05, 0) is 58.9 Å². The fourth-order valence-corrected chi connectivity index (χ4v) is 1.50. The summed E-state index contributed by atoms with van der Waals surface area (Å²) in [6.07, 6.45) is 5.60. The molecule has 13 heavy (non-hydrogen) atoms. The number of hydrogen-bond acceptors (Lipinski definition) is 2. The van der Waals surface area contributed by atoms with Gasteiger partial charge in [-0.2, -0.15) is 0 Å². The summed E-state index contributed by atoms with van der Waals surface area (Å²) in [5, 5.41) is 3.22. The van der Waals surface area contributed by atoms with Crippen LogP contribution in [0.4, 0.5) is 0 Å². The normalized spacial score (nSPS) is 21.3. The average Bonchev–Trinajstić information content (AvgIpc) is 2.81. The summed E-state index contributed by atoms with van der Waals surface area (Å²) in [4.78, 5) is 2.36. The first kappa shape index (κ1) is 12.7. The minimum Gasteiger partial charge on any atom is -0.317 e. The Morgan fingerprint density at radius 3 is 1.54 bits per heavy atom. The number of likely N-dealkylation sites (tertiary alicyclic amines) is 1. The maximum absolute atomic E-state index is 3.22. The molecule has 0 bridgehead atoms. The van der Waals surface area contributed by atoms with Crippen LogP contribution in [-0.4, -0.2) is 38.1 Å². The molecule has 2 rings (SSSR count). The summed E-state index contributed by atoms with van der Waals surface area (Å²) in [5.74, 6) is 0. The van der Waals surface area contributed by atoms with Crippen LogP contribution in [0.3, 0.4) is 0 Å². The van der Waals surface area contributed by atoms with Gasteiger partial charge in [-0.3, -0.25) is 0 Å². The lowest BCUT2D eigenvalue weighted by molar-refractivity contribution is 0.418. The molecule has 2 heteroatoms. The fourth-order valence-electron chi connectivity index (χ4n) is 1.50. The molecule has 0 amide bonds. The molecule has 0 aliphatic carbocycles. The minimum absolute atomic E-state index is 1.25. The van der Waals surface area contributed by atoms with Crippen LogP contribution in [-0.2, 0) is 0 Å². The molecule has 0 saturated carbocycles. The Morgan fingerprint density at radius 2 is 1.38 bits per heavy atom. The van der Waals surface area contributed by atoms with Gasteiger partial charge >= 0.3 is 0 Å². The lowest BCUT2D eigenvalue weighted by atomic mass is 10.4. The zero-order chi connectivity index (χ0) is 9.94. The van der Waals surface area contributed by atoms with Gasteiger partial charge < -0.3 is 10.2 Å². The molecular weight excluding hydrogens is 160 g/mol. The number of nitrogens with one attached hydrogen (secondary N) is 1. The molecule has 2 aliphatic heterocycles. The molecule has 0 radical (unpaired) electrons. The highest BCUT2D eigenvalue weighted by molar-refractivity contribution is 4.59. The Labute approximate surface area is 83.0 Å². The number of nitrogens with zero attached hydrogens (tertiary/aromatic N) is 1. The van der Waals surface area contributed by atoms with Crippen LogP contribution in [0.25, 0.3) is 0 Å². The number of hydrogen-bond donors (Lipinski definition) is 1. The van der Waals surface area contributed by atoms with E-state index in [0.717, 1.165) is 0 Å². The third-order valence-electron chi connectivity index (χ3n) is 2.29. The van der Waals surface area contributed by atoms with Gasteiger partial charge in [-0.1, -0.05) is 0 Å². The van der Waals surface area contributed by atoms with E-state index in [9.17, 15) is 0 Å². The molecule has 0 spiro atoms. The van der Waals surface area contributed by atoms with Crippen molar-refractivity contribution in [1.29, 1.82) is 0 Å². The second-order valence-electron chi connectivity index (χ2n) is 3.47. The Kier molecular flexibility index (Phi) is 9.49. The Bertz CT molecular complexity index is 86.7. The molecule has 0 aromatic heterocycles. The first-order valence-corrected chi connectivity index (χ1v) is 5.29. The van der Waals surface area contributed by atoms with Crippen molar-refractivity contribution in [3.8, 4) is 0 Å². The van der Waals surface area contributed by atoms with Crippen LogP contribution in [0.5, 0.6) is 0 Å². The van der Waals surface area contributed by atoms with Crippen molar-refractivity contribution in [2.75, 3.05) is 33.2 Å². The average molecular weight is 184 g/mol. The predicted molar refractivity (Wildman–Crippen MR) is 60.1 cm³/mol. The first-order chi connectivity index (χ1) is 6.39. The van der Waals surface area contributed by atoms with E-state index in [0.29, 0.717) is 0 Å². The smallest absolute Gasteiger partial charge is 0.00213 e. The van der Waals surface area contributed by atoms with Gasteiger partial charge in [0.2, 0.25) is 0 Å². The molecule has 2 aliphatic rings. The molecule has 0 atom stereocenters. The highest BCUT2D eigenvalue weighted by atomic mass is 15.1. The van der Waals surface area contributed by atoms with Crippen molar-refractivity contribution >= 4 is 0 Å². The molecule has 2 fully saturated rings. The topological polar surface area (TPSA) is 15.3 Å². The Morgan fingerprint density at radius 1 is 0.923 bits per heavy atom. The van der Waals surface area contributed by atoms with E-state index in [-0.39, 0.29) is 0 Å². The summed E-state index contributed by atoms with van der Waals surface area (Å²) in [7, 11) is 2.17. The highest BCUT2D eigenvalue weighted by Gasteiger charge is 2.03. The van der Waals surface area contributed by atoms with E-state index in [4.69, 9.17) is 0 Å². The maximum atomic E-state index is 3.22. The largest absolute Gasteiger partial charge is 0.317 e. The third-order valence-corrected chi connectivity index (χ3v) is 2.29. The minimum atomic E-state index is 1.25. The molecular formula is C11H24N2. The summed E-state index contributed by atoms with van der Waals surface area (Å²) < 4.78 is 0. The van der Waals surface area contributed by atoms with E-state index in [1.54, 1.807) is 0 Å². The highest BCUT2D eigenvalue weighted by Crippen LogP contribution is 2.02. The first-order valence-electron chi connectivity index (χ1n) is 5.29. The van der Waals surface area contributed by atoms with Crippen molar-refractivity contribution in [3.63, 3.8) is 0 Å². The second kappa shape index (κ2) is 9.75. The molecule has 1 N–H and O–H groups in total. The monoisotopic (exact) mass is 184 g/mol. The van der Waals surface area contributed by atoms with E-state index >= 15 is 0 Å². The fraction of sp³-hybridized carbons (Fsp3) is 0.818. The van der Waals surface area contributed by atoms with Crippen molar-refractivity contribution in [3.05, 3.63) is 13.2 Å². The standard InChI is InChI=1S/C5H11N.C4H9N.C2H4/c1-6-4-2-3-5-6;1-2-4-5-3-1;1-2/h2-5H2,1H3;5H,1-4H2;1-2H2. The lowest BCUT2D eigenvalue weighted by Gasteiger charge is -2.01. The molecule has 2 nitrogen and oxygen atoms in total. The van der Waals surface area contributed by atoms with Gasteiger partial charge in [0.1, 0.15) is 0 Å². The summed E-state index contributed by atoms with van der Waals surface area (Å²) >= 11 is 0. The molecule has 78 valence electrons. The third kappa shape index (κ3) is 8.00. The van der Waals surface area contributed by atoms with Gasteiger partial charge in [-0.15, -0.1) is 13.2 Å². The van der Waals surface area contributed by atoms with Crippen molar-refractivity contribution in [2.24, 2.45) is 0 Å². The van der Waals surface area contributed by atoms with Crippen LogP contribution in [0.1, 0.15) is 25.7 Å². The second-order valence-corrected chi connectivity index (χ2v) is 3.47. The van der Waals surface area contributed by atoms with E-state index < -0.39 is 0 Å². The Balaban J connectivity index is 0.000000189. The van der Waals surface area contributed by atoms with Crippen LogP contribution in [0.15, 0.2) is 13.2 Å². The molecule has 2 heterocycles. The molecule has 2 saturated heterocycles. The van der Waals surface area contributed by atoms with Gasteiger partial charge in [0.25, 0.3) is 0 Å². The summed E-state index contributed by atoms with van der Waals surface area (Å²) in [6.45, 7) is 11.1. The van der Waals surface area contributed by atoms with Gasteiger partial charge in [0.15, 0.2) is 0 Å². The zero-order valence-electron chi connectivity index (χ0n) is 9.02. The molecule has 0 aromatic carbocycles. The van der Waals surface area contributed by atoms with Gasteiger partial charge in [-0.25, -0.2) is 0 Å². The molecule has 0 unspecified atom stereocenters. The summed E-state index contributed by atoms with van der Waals surface area (Å²) in [6, 6.07) is 0.